The number of rotatable bonds is 4. The normalized spacial score (nSPS) is 20.6. The Bertz CT molecular complexity index is 1050. The van der Waals surface area contributed by atoms with Gasteiger partial charge in [0.15, 0.2) is 0 Å². The molecule has 0 N–H and O–H groups in total. The second kappa shape index (κ2) is 6.61. The maximum atomic E-state index is 12.6. The zero-order valence-electron chi connectivity index (χ0n) is 15.3. The average molecular weight is 365 g/mol. The molecule has 136 valence electrons. The molecule has 1 aliphatic heterocycles. The molecule has 3 aromatic rings. The second-order valence-corrected chi connectivity index (χ2v) is 7.34. The van der Waals surface area contributed by atoms with Gasteiger partial charge in [-0.2, -0.15) is 0 Å². The fourth-order valence-electron chi connectivity index (χ4n) is 3.87. The van der Waals surface area contributed by atoms with Gasteiger partial charge >= 0.3 is 0 Å². The van der Waals surface area contributed by atoms with Crippen LogP contribution in [0.2, 0.25) is 0 Å². The van der Waals surface area contributed by atoms with E-state index >= 15 is 0 Å². The van der Waals surface area contributed by atoms with Crippen LogP contribution < -0.4 is 0 Å². The predicted octanol–water partition coefficient (Wildman–Crippen LogP) is 5.05. The summed E-state index contributed by atoms with van der Waals surface area (Å²) in [6.45, 7) is 0. The van der Waals surface area contributed by atoms with Crippen molar-refractivity contribution in [2.45, 2.75) is 12.5 Å². The van der Waals surface area contributed by atoms with Crippen molar-refractivity contribution in [1.82, 2.24) is 4.90 Å². The van der Waals surface area contributed by atoms with Crippen LogP contribution in [0, 0.1) is 5.92 Å². The minimum absolute atomic E-state index is 0.0211. The summed E-state index contributed by atoms with van der Waals surface area (Å²) in [6.07, 6.45) is 5.04. The molecule has 2 amide bonds. The van der Waals surface area contributed by atoms with E-state index in [1.807, 2.05) is 18.2 Å². The number of hydrogen-bond donors (Lipinski definition) is 0. The highest BCUT2D eigenvalue weighted by Crippen LogP contribution is 2.41. The number of amides is 2. The van der Waals surface area contributed by atoms with E-state index < -0.39 is 0 Å². The van der Waals surface area contributed by atoms with Gasteiger partial charge < -0.3 is 0 Å². The van der Waals surface area contributed by atoms with Gasteiger partial charge in [-0.25, -0.2) is 0 Å². The Kier molecular flexibility index (Phi) is 3.94. The van der Waals surface area contributed by atoms with E-state index in [1.54, 1.807) is 24.3 Å². The molecule has 28 heavy (non-hydrogen) atoms. The summed E-state index contributed by atoms with van der Waals surface area (Å²) in [5.41, 5.74) is 4.56. The first-order valence-electron chi connectivity index (χ1n) is 9.53. The Labute approximate surface area is 163 Å². The lowest BCUT2D eigenvalue weighted by atomic mass is 10.0. The summed E-state index contributed by atoms with van der Waals surface area (Å²) in [4.78, 5) is 26.6. The van der Waals surface area contributed by atoms with Crippen LogP contribution in [0.5, 0.6) is 0 Å². The number of benzene rings is 3. The van der Waals surface area contributed by atoms with Gasteiger partial charge in [-0.1, -0.05) is 78.9 Å². The molecular weight excluding hydrogens is 346 g/mol. The Morgan fingerprint density at radius 3 is 1.93 bits per heavy atom. The minimum atomic E-state index is -0.159. The number of hydrogen-bond acceptors (Lipinski definition) is 2. The van der Waals surface area contributed by atoms with Crippen LogP contribution in [0.4, 0.5) is 0 Å². The lowest BCUT2D eigenvalue weighted by Gasteiger charge is -2.12. The van der Waals surface area contributed by atoms with Gasteiger partial charge in [0.2, 0.25) is 0 Å². The molecule has 1 saturated carbocycles. The highest BCUT2D eigenvalue weighted by molar-refractivity contribution is 6.21. The highest BCUT2D eigenvalue weighted by atomic mass is 16.2. The van der Waals surface area contributed by atoms with E-state index in [0.29, 0.717) is 11.1 Å². The van der Waals surface area contributed by atoms with Crippen LogP contribution in [0.25, 0.3) is 17.2 Å². The third kappa shape index (κ3) is 2.85. The van der Waals surface area contributed by atoms with Gasteiger partial charge in [0.05, 0.1) is 11.1 Å². The first-order valence-corrected chi connectivity index (χ1v) is 9.53. The van der Waals surface area contributed by atoms with E-state index in [-0.39, 0.29) is 23.8 Å². The topological polar surface area (TPSA) is 37.4 Å². The molecule has 0 saturated heterocycles. The van der Waals surface area contributed by atoms with Crippen molar-refractivity contribution in [3.05, 3.63) is 102 Å². The number of imide groups is 1. The van der Waals surface area contributed by atoms with Gasteiger partial charge in [-0.15, -0.1) is 0 Å². The molecule has 3 aromatic carbocycles. The number of carbonyl (C=O) groups is 2. The van der Waals surface area contributed by atoms with Crippen LogP contribution >= 0.6 is 0 Å². The predicted molar refractivity (Wildman–Crippen MR) is 110 cm³/mol. The molecule has 3 nitrogen and oxygen atoms in total. The Hall–Kier alpha value is -3.46. The van der Waals surface area contributed by atoms with Crippen LogP contribution in [-0.2, 0) is 0 Å². The lowest BCUT2D eigenvalue weighted by Crippen LogP contribution is -2.32. The Morgan fingerprint density at radius 2 is 1.29 bits per heavy atom. The maximum absolute atomic E-state index is 12.6. The van der Waals surface area contributed by atoms with Crippen molar-refractivity contribution in [2.75, 3.05) is 0 Å². The van der Waals surface area contributed by atoms with Crippen LogP contribution in [0.3, 0.4) is 0 Å². The molecule has 0 radical (unpaired) electrons. The van der Waals surface area contributed by atoms with Crippen molar-refractivity contribution in [3.63, 3.8) is 0 Å². The second-order valence-electron chi connectivity index (χ2n) is 7.34. The fraction of sp³-hybridized carbons (Fsp3) is 0.120. The van der Waals surface area contributed by atoms with Gasteiger partial charge in [-0.05, 0) is 35.2 Å². The zero-order valence-corrected chi connectivity index (χ0v) is 15.3. The molecule has 2 aliphatic rings. The number of carbonyl (C=O) groups excluding carboxylic acids is 2. The summed E-state index contributed by atoms with van der Waals surface area (Å²) in [5, 5.41) is 0. The van der Waals surface area contributed by atoms with Gasteiger partial charge in [0.25, 0.3) is 11.8 Å². The first kappa shape index (κ1) is 16.7. The van der Waals surface area contributed by atoms with E-state index in [0.717, 1.165) is 12.0 Å². The zero-order chi connectivity index (χ0) is 19.1. The fourth-order valence-corrected chi connectivity index (χ4v) is 3.87. The molecule has 0 unspecified atom stereocenters. The standard InChI is InChI=1S/C25H19NO2/c27-24-21-8-4-5-9-22(21)25(28)26(24)23-16-20(23)15-12-17-10-13-19(14-11-17)18-6-2-1-3-7-18/h1-15,20,23H,16H2/b15-12+/t20-,23+/m0/s1. The summed E-state index contributed by atoms with van der Waals surface area (Å²) < 4.78 is 0. The monoisotopic (exact) mass is 365 g/mol. The Morgan fingerprint density at radius 1 is 0.714 bits per heavy atom. The summed E-state index contributed by atoms with van der Waals surface area (Å²) in [7, 11) is 0. The summed E-state index contributed by atoms with van der Waals surface area (Å²) >= 11 is 0. The van der Waals surface area contributed by atoms with Crippen LogP contribution in [0.1, 0.15) is 32.7 Å². The molecule has 2 atom stereocenters. The van der Waals surface area contributed by atoms with Crippen molar-refractivity contribution in [1.29, 1.82) is 0 Å². The van der Waals surface area contributed by atoms with Crippen molar-refractivity contribution in [3.8, 4) is 11.1 Å². The first-order chi connectivity index (χ1) is 13.7. The lowest BCUT2D eigenvalue weighted by molar-refractivity contribution is 0.0637. The van der Waals surface area contributed by atoms with Crippen molar-refractivity contribution in [2.24, 2.45) is 5.92 Å². The highest BCUT2D eigenvalue weighted by Gasteiger charge is 2.49. The molecule has 1 heterocycles. The molecular formula is C25H19NO2. The van der Waals surface area contributed by atoms with Crippen molar-refractivity contribution < 1.29 is 9.59 Å². The third-order valence-electron chi connectivity index (χ3n) is 5.52. The molecule has 1 aliphatic carbocycles. The van der Waals surface area contributed by atoms with E-state index in [4.69, 9.17) is 0 Å². The largest absolute Gasteiger partial charge is 0.271 e. The molecule has 1 fully saturated rings. The molecule has 0 spiro atoms. The average Bonchev–Trinajstić information content (AvgIpc) is 3.47. The maximum Gasteiger partial charge on any atom is 0.261 e. The molecule has 0 bridgehead atoms. The molecule has 5 rings (SSSR count). The Balaban J connectivity index is 1.27. The van der Waals surface area contributed by atoms with Gasteiger partial charge in [0.1, 0.15) is 0 Å². The molecule has 3 heteroatoms. The number of fused-ring (bicyclic) bond motifs is 1. The smallest absolute Gasteiger partial charge is 0.261 e. The quantitative estimate of drug-likeness (QED) is 0.607. The third-order valence-corrected chi connectivity index (χ3v) is 5.52. The van der Waals surface area contributed by atoms with E-state index in [1.165, 1.54) is 16.0 Å². The van der Waals surface area contributed by atoms with Crippen LogP contribution in [-0.4, -0.2) is 22.8 Å². The number of nitrogens with zero attached hydrogens (tertiary/aromatic N) is 1. The van der Waals surface area contributed by atoms with E-state index in [9.17, 15) is 9.59 Å². The minimum Gasteiger partial charge on any atom is -0.271 e. The summed E-state index contributed by atoms with van der Waals surface area (Å²) in [5.74, 6) is -0.0848. The van der Waals surface area contributed by atoms with Crippen molar-refractivity contribution >= 4 is 17.9 Å². The van der Waals surface area contributed by atoms with Crippen LogP contribution in [0.15, 0.2) is 84.9 Å². The van der Waals surface area contributed by atoms with Gasteiger partial charge in [-0.3, -0.25) is 14.5 Å². The van der Waals surface area contributed by atoms with E-state index in [2.05, 4.69) is 48.6 Å². The summed E-state index contributed by atoms with van der Waals surface area (Å²) in [6, 6.07) is 25.8. The SMILES string of the molecule is O=C1c2ccccc2C(=O)N1[C@@H]1C[C@@H]1/C=C/c1ccc(-c2ccccc2)cc1. The van der Waals surface area contributed by atoms with Gasteiger partial charge in [0, 0.05) is 12.0 Å². The molecule has 0 aromatic heterocycles.